The molecule has 0 spiro atoms. The van der Waals surface area contributed by atoms with Gasteiger partial charge in [0.25, 0.3) is 5.91 Å². The van der Waals surface area contributed by atoms with E-state index >= 15 is 0 Å². The van der Waals surface area contributed by atoms with Crippen LogP contribution in [0, 0.1) is 11.3 Å². The molecule has 0 saturated carbocycles. The molecule has 1 amide bonds. The number of aromatic nitrogens is 1. The van der Waals surface area contributed by atoms with Crippen molar-refractivity contribution in [3.63, 3.8) is 0 Å². The molecule has 4 rings (SSSR count). The number of nitriles is 1. The Morgan fingerprint density at radius 1 is 1.21 bits per heavy atom. The highest BCUT2D eigenvalue weighted by molar-refractivity contribution is 6.04. The van der Waals surface area contributed by atoms with Crippen LogP contribution in [0.1, 0.15) is 16.1 Å². The third kappa shape index (κ3) is 2.12. The number of hydrogen-bond donors (Lipinski definition) is 1. The van der Waals surface area contributed by atoms with Gasteiger partial charge in [0, 0.05) is 24.0 Å². The first kappa shape index (κ1) is 14.3. The average molecular weight is 317 g/mol. The number of rotatable bonds is 2. The summed E-state index contributed by atoms with van der Waals surface area (Å²) < 4.78 is 7.25. The van der Waals surface area contributed by atoms with Crippen molar-refractivity contribution in [2.24, 2.45) is 0 Å². The van der Waals surface area contributed by atoms with Gasteiger partial charge in [0.2, 0.25) is 0 Å². The van der Waals surface area contributed by atoms with Gasteiger partial charge in [-0.3, -0.25) is 4.79 Å². The number of nitrogens with one attached hydrogen (secondary N) is 1. The summed E-state index contributed by atoms with van der Waals surface area (Å²) >= 11 is 0. The molecule has 1 N–H and O–H groups in total. The Morgan fingerprint density at radius 3 is 2.71 bits per heavy atom. The van der Waals surface area contributed by atoms with Crippen molar-refractivity contribution in [2.45, 2.75) is 6.54 Å². The molecule has 1 aliphatic rings. The van der Waals surface area contributed by atoms with E-state index in [1.807, 2.05) is 47.0 Å². The van der Waals surface area contributed by atoms with Crippen LogP contribution in [-0.2, 0) is 6.54 Å². The number of methoxy groups -OCH3 is 1. The van der Waals surface area contributed by atoms with Gasteiger partial charge in [0.15, 0.2) is 0 Å². The molecular weight excluding hydrogens is 302 g/mol. The van der Waals surface area contributed by atoms with Crippen LogP contribution in [-0.4, -0.2) is 24.1 Å². The van der Waals surface area contributed by atoms with Crippen molar-refractivity contribution >= 4 is 16.8 Å². The zero-order valence-electron chi connectivity index (χ0n) is 13.2. The Balaban J connectivity index is 2.02. The Bertz CT molecular complexity index is 994. The lowest BCUT2D eigenvalue weighted by Crippen LogP contribution is -2.34. The van der Waals surface area contributed by atoms with Gasteiger partial charge < -0.3 is 14.6 Å². The van der Waals surface area contributed by atoms with Crippen LogP contribution >= 0.6 is 0 Å². The van der Waals surface area contributed by atoms with Crippen molar-refractivity contribution in [1.29, 1.82) is 5.26 Å². The molecule has 0 unspecified atom stereocenters. The minimum absolute atomic E-state index is 0.0726. The highest BCUT2D eigenvalue weighted by Crippen LogP contribution is 2.34. The molecule has 2 heterocycles. The third-order valence-electron chi connectivity index (χ3n) is 4.38. The van der Waals surface area contributed by atoms with Crippen molar-refractivity contribution in [3.05, 3.63) is 53.7 Å². The van der Waals surface area contributed by atoms with Crippen LogP contribution in [0.3, 0.4) is 0 Å². The Labute approximate surface area is 139 Å². The lowest BCUT2D eigenvalue weighted by Gasteiger charge is -2.18. The monoisotopic (exact) mass is 317 g/mol. The van der Waals surface area contributed by atoms with Gasteiger partial charge in [-0.25, -0.2) is 0 Å². The maximum absolute atomic E-state index is 12.1. The minimum Gasteiger partial charge on any atom is -0.497 e. The van der Waals surface area contributed by atoms with Gasteiger partial charge in [0.1, 0.15) is 11.4 Å². The van der Waals surface area contributed by atoms with E-state index in [1.54, 1.807) is 7.11 Å². The minimum atomic E-state index is -0.0726. The van der Waals surface area contributed by atoms with Crippen molar-refractivity contribution in [3.8, 4) is 22.9 Å². The number of benzene rings is 2. The summed E-state index contributed by atoms with van der Waals surface area (Å²) in [7, 11) is 1.63. The number of hydrogen-bond acceptors (Lipinski definition) is 3. The van der Waals surface area contributed by atoms with E-state index < -0.39 is 0 Å². The van der Waals surface area contributed by atoms with E-state index in [4.69, 9.17) is 4.74 Å². The highest BCUT2D eigenvalue weighted by Gasteiger charge is 2.22. The van der Waals surface area contributed by atoms with Crippen LogP contribution in [0.4, 0.5) is 0 Å². The second-order valence-electron chi connectivity index (χ2n) is 5.74. The number of ether oxygens (including phenoxy) is 1. The molecule has 118 valence electrons. The molecule has 3 aromatic rings. The van der Waals surface area contributed by atoms with Crippen molar-refractivity contribution in [1.82, 2.24) is 9.88 Å². The predicted molar refractivity (Wildman–Crippen MR) is 91.0 cm³/mol. The number of fused-ring (bicyclic) bond motifs is 3. The molecule has 0 saturated heterocycles. The van der Waals surface area contributed by atoms with Crippen molar-refractivity contribution in [2.75, 3.05) is 13.7 Å². The predicted octanol–water partition coefficient (Wildman–Crippen LogP) is 2.93. The average Bonchev–Trinajstić information content (AvgIpc) is 3.01. The van der Waals surface area contributed by atoms with Gasteiger partial charge in [0.05, 0.1) is 24.3 Å². The molecule has 1 aromatic heterocycles. The van der Waals surface area contributed by atoms with Gasteiger partial charge in [-0.1, -0.05) is 12.1 Å². The molecule has 0 atom stereocenters. The van der Waals surface area contributed by atoms with E-state index in [0.717, 1.165) is 34.3 Å². The zero-order valence-corrected chi connectivity index (χ0v) is 13.2. The first-order valence-corrected chi connectivity index (χ1v) is 7.71. The Hall–Kier alpha value is -3.26. The van der Waals surface area contributed by atoms with Gasteiger partial charge >= 0.3 is 0 Å². The molecule has 5 nitrogen and oxygen atoms in total. The van der Waals surface area contributed by atoms with Crippen LogP contribution in [0.5, 0.6) is 5.75 Å². The summed E-state index contributed by atoms with van der Waals surface area (Å²) in [6, 6.07) is 15.5. The summed E-state index contributed by atoms with van der Waals surface area (Å²) in [6.45, 7) is 1.33. The lowest BCUT2D eigenvalue weighted by atomic mass is 10.00. The fourth-order valence-corrected chi connectivity index (χ4v) is 3.26. The van der Waals surface area contributed by atoms with Gasteiger partial charge in [-0.2, -0.15) is 5.26 Å². The van der Waals surface area contributed by atoms with Gasteiger partial charge in [-0.15, -0.1) is 0 Å². The lowest BCUT2D eigenvalue weighted by molar-refractivity contribution is 0.0929. The van der Waals surface area contributed by atoms with E-state index in [2.05, 4.69) is 11.4 Å². The second-order valence-corrected chi connectivity index (χ2v) is 5.74. The normalized spacial score (nSPS) is 13.2. The first-order chi connectivity index (χ1) is 11.7. The molecule has 0 aliphatic carbocycles. The standard InChI is InChI=1S/C19H15N3O2/c1-24-15-4-2-13(3-5-15)16-9-12(11-20)8-14-10-17-19(23)21-6-7-22(17)18(14)16/h2-5,8-10H,6-7H2,1H3,(H,21,23). The summed E-state index contributed by atoms with van der Waals surface area (Å²) in [6.07, 6.45) is 0. The number of carbonyl (C=O) groups excluding carboxylic acids is 1. The summed E-state index contributed by atoms with van der Waals surface area (Å²) in [5, 5.41) is 13.1. The molecule has 24 heavy (non-hydrogen) atoms. The molecule has 0 radical (unpaired) electrons. The van der Waals surface area contributed by atoms with E-state index in [1.165, 1.54) is 0 Å². The molecule has 5 heteroatoms. The maximum atomic E-state index is 12.1. The van der Waals surface area contributed by atoms with Crippen molar-refractivity contribution < 1.29 is 9.53 Å². The van der Waals surface area contributed by atoms with Crippen LogP contribution in [0.25, 0.3) is 22.0 Å². The summed E-state index contributed by atoms with van der Waals surface area (Å²) in [5.41, 5.74) is 4.15. The fourth-order valence-electron chi connectivity index (χ4n) is 3.26. The Morgan fingerprint density at radius 2 is 2.00 bits per heavy atom. The third-order valence-corrected chi connectivity index (χ3v) is 4.38. The largest absolute Gasteiger partial charge is 0.497 e. The number of amides is 1. The number of carbonyl (C=O) groups is 1. The van der Waals surface area contributed by atoms with Crippen LogP contribution in [0.2, 0.25) is 0 Å². The zero-order chi connectivity index (χ0) is 16.7. The molecule has 2 aromatic carbocycles. The fraction of sp³-hybridized carbons (Fsp3) is 0.158. The smallest absolute Gasteiger partial charge is 0.268 e. The van der Waals surface area contributed by atoms with E-state index in [9.17, 15) is 10.1 Å². The van der Waals surface area contributed by atoms with E-state index in [0.29, 0.717) is 17.8 Å². The van der Waals surface area contributed by atoms with Crippen LogP contribution in [0.15, 0.2) is 42.5 Å². The molecular formula is C19H15N3O2. The summed E-state index contributed by atoms with van der Waals surface area (Å²) in [5.74, 6) is 0.708. The van der Waals surface area contributed by atoms with E-state index in [-0.39, 0.29) is 5.91 Å². The maximum Gasteiger partial charge on any atom is 0.268 e. The molecule has 0 bridgehead atoms. The Kier molecular flexibility index (Phi) is 3.24. The highest BCUT2D eigenvalue weighted by atomic mass is 16.5. The number of nitrogens with zero attached hydrogens (tertiary/aromatic N) is 2. The molecule has 1 aliphatic heterocycles. The molecule has 0 fully saturated rings. The first-order valence-electron chi connectivity index (χ1n) is 7.71. The van der Waals surface area contributed by atoms with Gasteiger partial charge in [-0.05, 0) is 35.9 Å². The quantitative estimate of drug-likeness (QED) is 0.790. The van der Waals surface area contributed by atoms with Crippen LogP contribution < -0.4 is 10.1 Å². The second kappa shape index (κ2) is 5.43. The topological polar surface area (TPSA) is 67.0 Å². The summed E-state index contributed by atoms with van der Waals surface area (Å²) in [4.78, 5) is 12.1. The SMILES string of the molecule is COc1ccc(-c2cc(C#N)cc3cc4n(c23)CCNC4=O)cc1.